The van der Waals surface area contributed by atoms with Crippen molar-refractivity contribution < 1.29 is 0 Å². The van der Waals surface area contributed by atoms with Crippen molar-refractivity contribution in [1.82, 2.24) is 0 Å². The summed E-state index contributed by atoms with van der Waals surface area (Å²) in [6.45, 7) is 5.42. The maximum absolute atomic E-state index is 5.40. The molecule has 0 heterocycles. The van der Waals surface area contributed by atoms with E-state index in [1.807, 2.05) is 13.0 Å². The zero-order chi connectivity index (χ0) is 7.11. The molecule has 0 rings (SSSR count). The molecule has 0 saturated carbocycles. The average Bonchev–Trinajstić information content (AvgIpc) is 1.85. The number of hydrogen-bond acceptors (Lipinski definition) is 1. The number of nitrogens with two attached hydrogens (primary N) is 1. The Morgan fingerprint density at radius 2 is 2.44 bits per heavy atom. The van der Waals surface area contributed by atoms with Gasteiger partial charge in [0.15, 0.2) is 0 Å². The first kappa shape index (κ1) is 7.95. The lowest BCUT2D eigenvalue weighted by atomic mass is 10.4. The van der Waals surface area contributed by atoms with Gasteiger partial charge in [-0.05, 0) is 6.92 Å². The highest BCUT2D eigenvalue weighted by molar-refractivity contribution is 5.82. The van der Waals surface area contributed by atoms with Gasteiger partial charge in [-0.25, -0.2) is 4.99 Å². The molecule has 0 radical (unpaired) electrons. The minimum Gasteiger partial charge on any atom is -0.387 e. The summed E-state index contributed by atoms with van der Waals surface area (Å²) in [6.07, 6.45) is 5.88. The van der Waals surface area contributed by atoms with Crippen LogP contribution in [0.25, 0.3) is 0 Å². The number of hydrogen-bond donors (Lipinski definition) is 1. The number of aliphatic imine (C=N–C) groups is 1. The summed E-state index contributed by atoms with van der Waals surface area (Å²) in [5, 5.41) is 0. The third kappa shape index (κ3) is 4.81. The molecule has 0 spiro atoms. The lowest BCUT2D eigenvalue weighted by Gasteiger charge is -1.88. The van der Waals surface area contributed by atoms with Crippen molar-refractivity contribution in [1.29, 1.82) is 0 Å². The Balaban J connectivity index is 3.68. The van der Waals surface area contributed by atoms with E-state index in [1.54, 1.807) is 12.3 Å². The van der Waals surface area contributed by atoms with E-state index in [9.17, 15) is 0 Å². The lowest BCUT2D eigenvalue weighted by Crippen LogP contribution is -2.08. The maximum Gasteiger partial charge on any atom is 0.103 e. The summed E-state index contributed by atoms with van der Waals surface area (Å²) in [4.78, 5) is 3.88. The molecule has 0 aliphatic carbocycles. The van der Waals surface area contributed by atoms with E-state index in [0.717, 1.165) is 0 Å². The number of allylic oxidation sites excluding steroid dienone is 1. The second kappa shape index (κ2) is 5.09. The van der Waals surface area contributed by atoms with Crippen molar-refractivity contribution in [2.75, 3.05) is 0 Å². The summed E-state index contributed by atoms with van der Waals surface area (Å²) in [5.74, 6) is 0.600. The first-order chi connectivity index (χ1) is 4.31. The molecule has 0 saturated heterocycles. The van der Waals surface area contributed by atoms with Gasteiger partial charge >= 0.3 is 0 Å². The smallest absolute Gasteiger partial charge is 0.103 e. The summed E-state index contributed by atoms with van der Waals surface area (Å²) in [7, 11) is 0. The van der Waals surface area contributed by atoms with Crippen molar-refractivity contribution in [2.24, 2.45) is 10.7 Å². The molecular formula is C7H12N2. The Kier molecular flexibility index (Phi) is 4.50. The first-order valence-electron chi connectivity index (χ1n) is 2.85. The molecule has 0 aromatic rings. The average molecular weight is 124 g/mol. The predicted octanol–water partition coefficient (Wildman–Crippen LogP) is 1.45. The lowest BCUT2D eigenvalue weighted by molar-refractivity contribution is 1.35. The van der Waals surface area contributed by atoms with Crippen LogP contribution in [0.1, 0.15) is 13.3 Å². The number of amidine groups is 1. The van der Waals surface area contributed by atoms with Gasteiger partial charge in [0.2, 0.25) is 0 Å². The van der Waals surface area contributed by atoms with E-state index >= 15 is 0 Å². The standard InChI is InChI=1S/C7H12N2/c1-3-5-7(8)9-6-4-2/h3-4,6H,1,5H2,2H3,(H2,8,9)/b6-4-. The monoisotopic (exact) mass is 124 g/mol. The molecule has 0 aromatic heterocycles. The van der Waals surface area contributed by atoms with Crippen LogP contribution in [0.15, 0.2) is 29.9 Å². The molecule has 2 nitrogen and oxygen atoms in total. The minimum absolute atomic E-state index is 0.600. The normalized spacial score (nSPS) is 12.3. The van der Waals surface area contributed by atoms with Crippen molar-refractivity contribution in [3.05, 3.63) is 24.9 Å². The van der Waals surface area contributed by atoms with E-state index in [-0.39, 0.29) is 0 Å². The second-order valence-corrected chi connectivity index (χ2v) is 1.60. The van der Waals surface area contributed by atoms with Crippen LogP contribution in [0.4, 0.5) is 0 Å². The molecule has 0 amide bonds. The van der Waals surface area contributed by atoms with Gasteiger partial charge in [0.1, 0.15) is 5.84 Å². The molecule has 2 heteroatoms. The molecule has 0 aliphatic rings. The van der Waals surface area contributed by atoms with Gasteiger partial charge in [-0.2, -0.15) is 0 Å². The van der Waals surface area contributed by atoms with Crippen LogP contribution in [0.3, 0.4) is 0 Å². The van der Waals surface area contributed by atoms with Crippen LogP contribution in [0, 0.1) is 0 Å². The topological polar surface area (TPSA) is 38.4 Å². The SMILES string of the molecule is C=CCC(N)=N/C=C\C. The Morgan fingerprint density at radius 3 is 2.89 bits per heavy atom. The van der Waals surface area contributed by atoms with Gasteiger partial charge in [0, 0.05) is 12.6 Å². The largest absolute Gasteiger partial charge is 0.387 e. The van der Waals surface area contributed by atoms with Crippen molar-refractivity contribution in [3.8, 4) is 0 Å². The van der Waals surface area contributed by atoms with E-state index in [0.29, 0.717) is 12.3 Å². The molecule has 9 heavy (non-hydrogen) atoms. The van der Waals surface area contributed by atoms with Crippen LogP contribution in [0.5, 0.6) is 0 Å². The van der Waals surface area contributed by atoms with Gasteiger partial charge in [0.05, 0.1) is 0 Å². The Bertz CT molecular complexity index is 134. The van der Waals surface area contributed by atoms with Gasteiger partial charge in [-0.1, -0.05) is 12.2 Å². The highest BCUT2D eigenvalue weighted by atomic mass is 14.8. The molecule has 2 N–H and O–H groups in total. The Morgan fingerprint density at radius 1 is 1.78 bits per heavy atom. The van der Waals surface area contributed by atoms with Crippen LogP contribution >= 0.6 is 0 Å². The fourth-order valence-corrected chi connectivity index (χ4v) is 0.371. The fraction of sp³-hybridized carbons (Fsp3) is 0.286. The fourth-order valence-electron chi connectivity index (χ4n) is 0.371. The Hall–Kier alpha value is -1.05. The molecule has 0 aromatic carbocycles. The van der Waals surface area contributed by atoms with E-state index < -0.39 is 0 Å². The zero-order valence-electron chi connectivity index (χ0n) is 5.67. The van der Waals surface area contributed by atoms with Crippen LogP contribution < -0.4 is 5.73 Å². The molecule has 0 fully saturated rings. The summed E-state index contributed by atoms with van der Waals surface area (Å²) < 4.78 is 0. The summed E-state index contributed by atoms with van der Waals surface area (Å²) in [6, 6.07) is 0. The van der Waals surface area contributed by atoms with Crippen LogP contribution in [-0.4, -0.2) is 5.84 Å². The molecule has 0 unspecified atom stereocenters. The van der Waals surface area contributed by atoms with E-state index in [2.05, 4.69) is 11.6 Å². The van der Waals surface area contributed by atoms with Gasteiger partial charge < -0.3 is 5.73 Å². The van der Waals surface area contributed by atoms with Gasteiger partial charge in [-0.15, -0.1) is 6.58 Å². The maximum atomic E-state index is 5.40. The predicted molar refractivity (Wildman–Crippen MR) is 41.3 cm³/mol. The summed E-state index contributed by atoms with van der Waals surface area (Å²) >= 11 is 0. The quantitative estimate of drug-likeness (QED) is 0.345. The minimum atomic E-state index is 0.600. The van der Waals surface area contributed by atoms with Crippen molar-refractivity contribution in [3.63, 3.8) is 0 Å². The van der Waals surface area contributed by atoms with Crippen LogP contribution in [0.2, 0.25) is 0 Å². The molecule has 0 aliphatic heterocycles. The third-order valence-corrected chi connectivity index (χ3v) is 0.743. The molecule has 0 bridgehead atoms. The van der Waals surface area contributed by atoms with E-state index in [4.69, 9.17) is 5.73 Å². The number of nitrogens with zero attached hydrogens (tertiary/aromatic N) is 1. The van der Waals surface area contributed by atoms with Gasteiger partial charge in [-0.3, -0.25) is 0 Å². The summed E-state index contributed by atoms with van der Waals surface area (Å²) in [5.41, 5.74) is 5.40. The van der Waals surface area contributed by atoms with Crippen LogP contribution in [-0.2, 0) is 0 Å². The highest BCUT2D eigenvalue weighted by Crippen LogP contribution is 1.81. The zero-order valence-corrected chi connectivity index (χ0v) is 5.67. The number of rotatable bonds is 3. The van der Waals surface area contributed by atoms with Crippen molar-refractivity contribution >= 4 is 5.84 Å². The molecule has 0 atom stereocenters. The van der Waals surface area contributed by atoms with E-state index in [1.165, 1.54) is 0 Å². The third-order valence-electron chi connectivity index (χ3n) is 0.743. The highest BCUT2D eigenvalue weighted by Gasteiger charge is 1.80. The first-order valence-corrected chi connectivity index (χ1v) is 2.85. The molecular weight excluding hydrogens is 112 g/mol. The second-order valence-electron chi connectivity index (χ2n) is 1.60. The van der Waals surface area contributed by atoms with Gasteiger partial charge in [0.25, 0.3) is 0 Å². The molecule has 50 valence electrons. The Labute approximate surface area is 55.8 Å². The van der Waals surface area contributed by atoms with Crippen molar-refractivity contribution in [2.45, 2.75) is 13.3 Å².